The fourth-order valence-corrected chi connectivity index (χ4v) is 4.03. The maximum absolute atomic E-state index is 4.75. The maximum Gasteiger partial charge on any atom is 0.118 e. The van der Waals surface area contributed by atoms with E-state index in [9.17, 15) is 0 Å². The van der Waals surface area contributed by atoms with Crippen LogP contribution >= 0.6 is 11.3 Å². The summed E-state index contributed by atoms with van der Waals surface area (Å²) in [5, 5.41) is 1.75. The van der Waals surface area contributed by atoms with E-state index in [-0.39, 0.29) is 0 Å². The Morgan fingerprint density at radius 2 is 1.67 bits per heavy atom. The molecule has 1 aliphatic carbocycles. The van der Waals surface area contributed by atoms with E-state index in [2.05, 4.69) is 27.9 Å². The van der Waals surface area contributed by atoms with Crippen LogP contribution in [0.2, 0.25) is 0 Å². The van der Waals surface area contributed by atoms with Crippen molar-refractivity contribution in [3.63, 3.8) is 0 Å². The van der Waals surface area contributed by atoms with E-state index in [1.165, 1.54) is 61.3 Å². The van der Waals surface area contributed by atoms with Crippen LogP contribution in [-0.2, 0) is 5.31 Å². The third kappa shape index (κ3) is 3.37. The Hall–Kier alpha value is -0.305. The molecule has 1 nitrogen and oxygen atoms in total. The van der Waals surface area contributed by atoms with Crippen LogP contribution in [0, 0.1) is 0 Å². The van der Waals surface area contributed by atoms with Crippen LogP contribution in [-0.4, -0.2) is 12.8 Å². The highest BCUT2D eigenvalue weighted by Crippen LogP contribution is 2.37. The van der Waals surface area contributed by atoms with Crippen LogP contribution in [0.15, 0.2) is 6.20 Å². The van der Waals surface area contributed by atoms with Gasteiger partial charge in [-0.2, -0.15) is 0 Å². The molecule has 0 spiro atoms. The van der Waals surface area contributed by atoms with E-state index in [0.717, 1.165) is 0 Å². The Morgan fingerprint density at radius 1 is 1.11 bits per heavy atom. The van der Waals surface area contributed by atoms with Crippen molar-refractivity contribution < 1.29 is 0 Å². The molecule has 0 bridgehead atoms. The molecule has 1 fully saturated rings. The fraction of sp³-hybridized carbons (Fsp3) is 0.800. The van der Waals surface area contributed by atoms with Crippen molar-refractivity contribution >= 4 is 19.2 Å². The molecule has 1 aliphatic rings. The molecule has 0 saturated heterocycles. The van der Waals surface area contributed by atoms with Gasteiger partial charge in [-0.05, 0) is 24.1 Å². The minimum atomic E-state index is 0.349. The summed E-state index contributed by atoms with van der Waals surface area (Å²) in [7, 11) is 2.45. The van der Waals surface area contributed by atoms with E-state index in [1.807, 2.05) is 11.3 Å². The number of hydrogen-bond donors (Lipinski definition) is 0. The molecule has 1 heterocycles. The molecule has 1 saturated carbocycles. The summed E-state index contributed by atoms with van der Waals surface area (Å²) in [6, 6.07) is 0. The van der Waals surface area contributed by atoms with Crippen molar-refractivity contribution in [2.24, 2.45) is 0 Å². The molecule has 100 valence electrons. The van der Waals surface area contributed by atoms with Crippen LogP contribution in [0.3, 0.4) is 0 Å². The second kappa shape index (κ2) is 6.23. The smallest absolute Gasteiger partial charge is 0.118 e. The van der Waals surface area contributed by atoms with Gasteiger partial charge in [-0.25, -0.2) is 4.98 Å². The first-order valence-electron chi connectivity index (χ1n) is 7.58. The lowest BCUT2D eigenvalue weighted by atomic mass is 9.63. The summed E-state index contributed by atoms with van der Waals surface area (Å²) >= 11 is 1.96. The molecule has 0 amide bonds. The summed E-state index contributed by atoms with van der Waals surface area (Å²) in [6.45, 7) is 4.53. The lowest BCUT2D eigenvalue weighted by Gasteiger charge is -2.27. The van der Waals surface area contributed by atoms with Crippen LogP contribution in [0.5, 0.6) is 0 Å². The highest BCUT2D eigenvalue weighted by molar-refractivity contribution is 7.12. The molecule has 18 heavy (non-hydrogen) atoms. The molecular weight excluding hydrogens is 237 g/mol. The third-order valence-electron chi connectivity index (χ3n) is 4.32. The summed E-state index contributed by atoms with van der Waals surface area (Å²) in [5.74, 6) is 0.621. The molecule has 0 N–H and O–H groups in total. The zero-order valence-corrected chi connectivity index (χ0v) is 13.0. The third-order valence-corrected chi connectivity index (χ3v) is 5.92. The predicted octanol–water partition coefficient (Wildman–Crippen LogP) is 4.23. The molecular formula is C15H26BNS. The largest absolute Gasteiger partial charge is 0.250 e. The zero-order valence-electron chi connectivity index (χ0n) is 12.2. The second-order valence-electron chi connectivity index (χ2n) is 6.40. The van der Waals surface area contributed by atoms with Crippen LogP contribution in [0.25, 0.3) is 0 Å². The normalized spacial score (nSPS) is 21.3. The minimum Gasteiger partial charge on any atom is -0.250 e. The first-order chi connectivity index (χ1) is 8.62. The van der Waals surface area contributed by atoms with Gasteiger partial charge in [0.25, 0.3) is 0 Å². The lowest BCUT2D eigenvalue weighted by molar-refractivity contribution is 0.479. The van der Waals surface area contributed by atoms with Crippen molar-refractivity contribution in [3.05, 3.63) is 16.1 Å². The van der Waals surface area contributed by atoms with Gasteiger partial charge in [0.2, 0.25) is 0 Å². The van der Waals surface area contributed by atoms with E-state index < -0.39 is 0 Å². The maximum atomic E-state index is 4.75. The molecule has 0 unspecified atom stereocenters. The van der Waals surface area contributed by atoms with Gasteiger partial charge in [-0.15, -0.1) is 11.3 Å². The van der Waals surface area contributed by atoms with Gasteiger partial charge in [0.1, 0.15) is 7.85 Å². The van der Waals surface area contributed by atoms with Crippen molar-refractivity contribution in [2.75, 3.05) is 0 Å². The Kier molecular flexibility index (Phi) is 4.88. The number of aromatic nitrogens is 1. The molecule has 3 heteroatoms. The van der Waals surface area contributed by atoms with Crippen molar-refractivity contribution in [2.45, 2.75) is 76.4 Å². The van der Waals surface area contributed by atoms with Gasteiger partial charge in [-0.1, -0.05) is 52.4 Å². The van der Waals surface area contributed by atoms with Gasteiger partial charge in [-0.3, -0.25) is 0 Å². The summed E-state index contributed by atoms with van der Waals surface area (Å²) in [6.07, 6.45) is 13.2. The average Bonchev–Trinajstić information content (AvgIpc) is 2.83. The highest BCUT2D eigenvalue weighted by Gasteiger charge is 2.29. The van der Waals surface area contributed by atoms with Crippen LogP contribution in [0.1, 0.15) is 81.0 Å². The minimum absolute atomic E-state index is 0.349. The van der Waals surface area contributed by atoms with E-state index in [4.69, 9.17) is 4.98 Å². The number of nitrogens with zero attached hydrogens (tertiary/aromatic N) is 1. The zero-order chi connectivity index (χ0) is 13.0. The quantitative estimate of drug-likeness (QED) is 0.728. The first-order valence-corrected chi connectivity index (χ1v) is 8.40. The Bertz CT molecular complexity index is 362. The molecule has 1 aromatic heterocycles. The topological polar surface area (TPSA) is 12.9 Å². The van der Waals surface area contributed by atoms with E-state index >= 15 is 0 Å². The van der Waals surface area contributed by atoms with Gasteiger partial charge in [0.15, 0.2) is 0 Å². The summed E-state index contributed by atoms with van der Waals surface area (Å²) in [4.78, 5) is 6.20. The SMILES string of the molecule is BC1(c2ncc(C(C)C)s2)CCCCCCCC1. The second-order valence-corrected chi connectivity index (χ2v) is 7.47. The Balaban J connectivity index is 2.14. The van der Waals surface area contributed by atoms with Crippen LogP contribution < -0.4 is 0 Å². The van der Waals surface area contributed by atoms with Crippen LogP contribution in [0.4, 0.5) is 0 Å². The molecule has 0 atom stereocenters. The van der Waals surface area contributed by atoms with Gasteiger partial charge in [0.05, 0.1) is 5.01 Å². The summed E-state index contributed by atoms with van der Waals surface area (Å²) in [5.41, 5.74) is 0. The van der Waals surface area contributed by atoms with E-state index in [1.54, 1.807) is 0 Å². The number of hydrogen-bond acceptors (Lipinski definition) is 2. The summed E-state index contributed by atoms with van der Waals surface area (Å²) < 4.78 is 0. The number of rotatable bonds is 2. The first kappa shape index (κ1) is 14.1. The average molecular weight is 263 g/mol. The fourth-order valence-electron chi connectivity index (χ4n) is 2.91. The van der Waals surface area contributed by atoms with Crippen molar-refractivity contribution in [3.8, 4) is 0 Å². The predicted molar refractivity (Wildman–Crippen MR) is 83.4 cm³/mol. The monoisotopic (exact) mass is 263 g/mol. The molecule has 2 rings (SSSR count). The van der Waals surface area contributed by atoms with Gasteiger partial charge < -0.3 is 0 Å². The highest BCUT2D eigenvalue weighted by atomic mass is 32.1. The molecule has 0 aromatic carbocycles. The Labute approximate surface area is 117 Å². The lowest BCUT2D eigenvalue weighted by Crippen LogP contribution is -2.26. The van der Waals surface area contributed by atoms with Gasteiger partial charge in [0, 0.05) is 11.1 Å². The van der Waals surface area contributed by atoms with Gasteiger partial charge >= 0.3 is 0 Å². The molecule has 0 radical (unpaired) electrons. The van der Waals surface area contributed by atoms with Crippen molar-refractivity contribution in [1.29, 1.82) is 0 Å². The molecule has 1 aromatic rings. The Morgan fingerprint density at radius 3 is 2.17 bits per heavy atom. The van der Waals surface area contributed by atoms with Crippen molar-refractivity contribution in [1.82, 2.24) is 4.98 Å². The van der Waals surface area contributed by atoms with E-state index in [0.29, 0.717) is 11.2 Å². The number of thiazole rings is 1. The standard InChI is InChI=1S/C15H26BNS/c1-12(2)13-11-17-14(18-13)15(16)9-7-5-3-4-6-8-10-15/h11-12H,3-10,16H2,1-2H3. The molecule has 0 aliphatic heterocycles.